The summed E-state index contributed by atoms with van der Waals surface area (Å²) >= 11 is 0. The van der Waals surface area contributed by atoms with Gasteiger partial charge in [-0.1, -0.05) is 12.1 Å². The van der Waals surface area contributed by atoms with E-state index in [1.54, 1.807) is 0 Å². The summed E-state index contributed by atoms with van der Waals surface area (Å²) in [6, 6.07) is 0. The maximum Gasteiger partial charge on any atom is 0.0711 e. The minimum absolute atomic E-state index is 0.104. The van der Waals surface area contributed by atoms with E-state index in [4.69, 9.17) is 5.21 Å². The second-order valence-electron chi connectivity index (χ2n) is 5.21. The summed E-state index contributed by atoms with van der Waals surface area (Å²) < 4.78 is 0. The molecule has 2 unspecified atom stereocenters. The zero-order valence-electron chi connectivity index (χ0n) is 8.61. The van der Waals surface area contributed by atoms with Gasteiger partial charge in [0, 0.05) is 50.6 Å². The summed E-state index contributed by atoms with van der Waals surface area (Å²) in [5.41, 5.74) is 1.15. The Morgan fingerprint density at radius 1 is 1.29 bits per heavy atom. The van der Waals surface area contributed by atoms with Gasteiger partial charge >= 0.3 is 0 Å². The largest absolute Gasteiger partial charge is 0.411 e. The van der Waals surface area contributed by atoms with Crippen molar-refractivity contribution in [1.82, 2.24) is 9.80 Å². The molecular weight excluding hydrogens is 178 g/mol. The lowest BCUT2D eigenvalue weighted by Crippen LogP contribution is -2.60. The summed E-state index contributed by atoms with van der Waals surface area (Å²) in [5.74, 6) is 0.468. The van der Waals surface area contributed by atoms with Gasteiger partial charge in [-0.15, -0.1) is 0 Å². The van der Waals surface area contributed by atoms with Crippen molar-refractivity contribution in [3.8, 4) is 0 Å². The fourth-order valence-electron chi connectivity index (χ4n) is 3.50. The van der Waals surface area contributed by atoms with Crippen molar-refractivity contribution >= 4 is 5.71 Å². The zero-order chi connectivity index (χ0) is 9.76. The standard InChI is InChI=1S/C10H17N3O/c1-10-6-12-2-3-13(7-10)5-8(4-12)9(10)11-14/h8,14H,2-7H2,1H3/b11-9-. The van der Waals surface area contributed by atoms with E-state index in [9.17, 15) is 0 Å². The van der Waals surface area contributed by atoms with Gasteiger partial charge in [0.05, 0.1) is 5.71 Å². The Hall–Kier alpha value is -0.610. The predicted molar refractivity (Wildman–Crippen MR) is 53.7 cm³/mol. The van der Waals surface area contributed by atoms with Crippen LogP contribution in [0.2, 0.25) is 0 Å². The van der Waals surface area contributed by atoms with Crippen molar-refractivity contribution < 1.29 is 5.21 Å². The van der Waals surface area contributed by atoms with E-state index in [-0.39, 0.29) is 5.41 Å². The summed E-state index contributed by atoms with van der Waals surface area (Å²) in [6.45, 7) is 8.92. The number of hydrogen-bond donors (Lipinski definition) is 1. The van der Waals surface area contributed by atoms with E-state index in [2.05, 4.69) is 21.9 Å². The average molecular weight is 195 g/mol. The highest BCUT2D eigenvalue weighted by atomic mass is 16.4. The van der Waals surface area contributed by atoms with Crippen LogP contribution in [0.1, 0.15) is 6.92 Å². The van der Waals surface area contributed by atoms with Crippen molar-refractivity contribution in [1.29, 1.82) is 0 Å². The van der Waals surface area contributed by atoms with Gasteiger partial charge < -0.3 is 15.0 Å². The lowest BCUT2D eigenvalue weighted by molar-refractivity contribution is 0.123. The fourth-order valence-corrected chi connectivity index (χ4v) is 3.50. The summed E-state index contributed by atoms with van der Waals surface area (Å²) in [7, 11) is 0. The molecule has 4 heteroatoms. The highest BCUT2D eigenvalue weighted by Gasteiger charge is 2.49. The molecule has 4 rings (SSSR count). The third-order valence-corrected chi connectivity index (χ3v) is 3.95. The molecule has 0 amide bonds. The van der Waals surface area contributed by atoms with Gasteiger partial charge in [-0.25, -0.2) is 0 Å². The van der Waals surface area contributed by atoms with Crippen LogP contribution in [-0.4, -0.2) is 60.0 Å². The molecule has 4 bridgehead atoms. The topological polar surface area (TPSA) is 39.1 Å². The minimum atomic E-state index is 0.104. The van der Waals surface area contributed by atoms with Crippen molar-refractivity contribution in [2.45, 2.75) is 6.92 Å². The van der Waals surface area contributed by atoms with Crippen LogP contribution >= 0.6 is 0 Å². The summed E-state index contributed by atoms with van der Waals surface area (Å²) in [6.07, 6.45) is 0. The average Bonchev–Trinajstić information content (AvgIpc) is 2.32. The Labute approximate surface area is 84.2 Å². The molecule has 78 valence electrons. The quantitative estimate of drug-likeness (QED) is 0.439. The first-order valence-electron chi connectivity index (χ1n) is 5.38. The number of piperidine rings is 2. The van der Waals surface area contributed by atoms with E-state index in [0.717, 1.165) is 31.9 Å². The number of oxime groups is 1. The van der Waals surface area contributed by atoms with Gasteiger partial charge in [0.15, 0.2) is 0 Å². The molecule has 0 aliphatic carbocycles. The Morgan fingerprint density at radius 2 is 1.86 bits per heavy atom. The van der Waals surface area contributed by atoms with Gasteiger partial charge in [0.25, 0.3) is 0 Å². The molecule has 0 radical (unpaired) electrons. The Kier molecular flexibility index (Phi) is 1.67. The van der Waals surface area contributed by atoms with E-state index in [0.29, 0.717) is 5.92 Å². The van der Waals surface area contributed by atoms with Gasteiger partial charge in [0.1, 0.15) is 0 Å². The Morgan fingerprint density at radius 3 is 2.29 bits per heavy atom. The molecule has 0 aromatic rings. The van der Waals surface area contributed by atoms with Crippen molar-refractivity contribution in [2.75, 3.05) is 39.3 Å². The van der Waals surface area contributed by atoms with Crippen LogP contribution in [0.15, 0.2) is 5.16 Å². The maximum absolute atomic E-state index is 9.11. The highest BCUT2D eigenvalue weighted by Crippen LogP contribution is 2.37. The monoisotopic (exact) mass is 195 g/mol. The van der Waals surface area contributed by atoms with Gasteiger partial charge in [-0.05, 0) is 0 Å². The molecule has 1 N–H and O–H groups in total. The molecule has 0 aromatic carbocycles. The molecule has 2 atom stereocenters. The van der Waals surface area contributed by atoms with Crippen LogP contribution in [0.4, 0.5) is 0 Å². The normalized spacial score (nSPS) is 53.8. The van der Waals surface area contributed by atoms with E-state index in [1.807, 2.05) is 0 Å². The van der Waals surface area contributed by atoms with Crippen LogP contribution in [-0.2, 0) is 0 Å². The molecular formula is C10H17N3O. The second-order valence-corrected chi connectivity index (χ2v) is 5.21. The van der Waals surface area contributed by atoms with Crippen molar-refractivity contribution in [3.63, 3.8) is 0 Å². The van der Waals surface area contributed by atoms with Crippen LogP contribution in [0, 0.1) is 11.3 Å². The zero-order valence-corrected chi connectivity index (χ0v) is 8.61. The first-order chi connectivity index (χ1) is 6.71. The molecule has 0 spiro atoms. The van der Waals surface area contributed by atoms with Crippen molar-refractivity contribution in [3.05, 3.63) is 0 Å². The predicted octanol–water partition coefficient (Wildman–Crippen LogP) is 0.0839. The molecule has 4 heterocycles. The number of hydrogen-bond acceptors (Lipinski definition) is 4. The SMILES string of the molecule is CC12CN3CCN(CC(C3)/C1=N/O)C2. The van der Waals surface area contributed by atoms with Crippen LogP contribution in [0.25, 0.3) is 0 Å². The first-order valence-corrected chi connectivity index (χ1v) is 5.38. The lowest BCUT2D eigenvalue weighted by atomic mass is 9.72. The summed E-state index contributed by atoms with van der Waals surface area (Å²) in [5, 5.41) is 12.7. The van der Waals surface area contributed by atoms with Crippen LogP contribution in [0.3, 0.4) is 0 Å². The fraction of sp³-hybridized carbons (Fsp3) is 0.900. The first kappa shape index (κ1) is 8.68. The minimum Gasteiger partial charge on any atom is -0.411 e. The molecule has 14 heavy (non-hydrogen) atoms. The molecule has 4 aliphatic heterocycles. The van der Waals surface area contributed by atoms with Gasteiger partial charge in [0.2, 0.25) is 0 Å². The number of fused-ring (bicyclic) bond motifs is 1. The number of nitrogens with zero attached hydrogens (tertiary/aromatic N) is 3. The molecule has 0 saturated carbocycles. The Balaban J connectivity index is 2.03. The Bertz CT molecular complexity index is 273. The second kappa shape index (κ2) is 2.70. The third-order valence-electron chi connectivity index (χ3n) is 3.95. The van der Waals surface area contributed by atoms with E-state index in [1.165, 1.54) is 13.1 Å². The molecule has 4 aliphatic rings. The molecule has 4 saturated heterocycles. The third kappa shape index (κ3) is 1.04. The van der Waals surface area contributed by atoms with E-state index < -0.39 is 0 Å². The van der Waals surface area contributed by atoms with Crippen molar-refractivity contribution in [2.24, 2.45) is 16.5 Å². The van der Waals surface area contributed by atoms with Crippen LogP contribution < -0.4 is 0 Å². The molecule has 4 fully saturated rings. The smallest absolute Gasteiger partial charge is 0.0711 e. The molecule has 0 aromatic heterocycles. The summed E-state index contributed by atoms with van der Waals surface area (Å²) in [4.78, 5) is 5.04. The van der Waals surface area contributed by atoms with Crippen LogP contribution in [0.5, 0.6) is 0 Å². The number of rotatable bonds is 0. The lowest BCUT2D eigenvalue weighted by Gasteiger charge is -2.48. The highest BCUT2D eigenvalue weighted by molar-refractivity contribution is 5.94. The van der Waals surface area contributed by atoms with Gasteiger partial charge in [-0.2, -0.15) is 0 Å². The maximum atomic E-state index is 9.11. The van der Waals surface area contributed by atoms with Gasteiger partial charge in [-0.3, -0.25) is 0 Å². The van der Waals surface area contributed by atoms with E-state index >= 15 is 0 Å². The molecule has 4 nitrogen and oxygen atoms in total.